The van der Waals surface area contributed by atoms with Gasteiger partial charge in [0.25, 0.3) is 21.3 Å². The summed E-state index contributed by atoms with van der Waals surface area (Å²) < 4.78 is 36.8. The number of hydrazone groups is 1. The number of benzene rings is 3. The van der Waals surface area contributed by atoms with E-state index in [1.54, 1.807) is 36.4 Å². The number of hydrogen-bond donors (Lipinski definition) is 2. The maximum absolute atomic E-state index is 13.3. The summed E-state index contributed by atoms with van der Waals surface area (Å²) in [5.74, 6) is 0.227. The predicted molar refractivity (Wildman–Crippen MR) is 135 cm³/mol. The molecule has 0 atom stereocenters. The van der Waals surface area contributed by atoms with E-state index in [9.17, 15) is 28.4 Å². The van der Waals surface area contributed by atoms with Crippen LogP contribution in [-0.4, -0.2) is 43.4 Å². The van der Waals surface area contributed by atoms with Gasteiger partial charge in [-0.3, -0.25) is 14.9 Å². The zero-order valence-electron chi connectivity index (χ0n) is 19.5. The Bertz CT molecular complexity index is 1710. The molecule has 0 radical (unpaired) electrons. The van der Waals surface area contributed by atoms with Crippen LogP contribution in [0.5, 0.6) is 17.4 Å². The number of ether oxygens (including phenoxy) is 2. The number of methoxy groups -OCH3 is 2. The highest BCUT2D eigenvalue weighted by Gasteiger charge is 2.19. The highest BCUT2D eigenvalue weighted by Crippen LogP contribution is 2.32. The molecular formula is C24H20N4O8S. The summed E-state index contributed by atoms with van der Waals surface area (Å²) in [5, 5.41) is 26.4. The van der Waals surface area contributed by atoms with Crippen LogP contribution in [0.15, 0.2) is 81.5 Å². The van der Waals surface area contributed by atoms with E-state index in [0.717, 1.165) is 22.9 Å². The molecule has 1 heterocycles. The van der Waals surface area contributed by atoms with Crippen LogP contribution in [0.1, 0.15) is 5.56 Å². The smallest absolute Gasteiger partial charge is 0.276 e. The van der Waals surface area contributed by atoms with Gasteiger partial charge < -0.3 is 14.6 Å². The SMILES string of the molecule is COc1ccc(-n2c(O)c(/C=N\NS(=O)(=O)c3cccc([N+](=O)[O-])c3)c3ccccc3c2=O)cc1OC. The zero-order valence-corrected chi connectivity index (χ0v) is 20.3. The molecule has 0 aliphatic rings. The summed E-state index contributed by atoms with van der Waals surface area (Å²) in [6.45, 7) is 0. The first kappa shape index (κ1) is 25.2. The molecule has 0 unspecified atom stereocenters. The minimum atomic E-state index is -4.27. The molecule has 0 aliphatic heterocycles. The number of sulfonamides is 1. The van der Waals surface area contributed by atoms with Crippen molar-refractivity contribution in [2.24, 2.45) is 5.10 Å². The van der Waals surface area contributed by atoms with Crippen LogP contribution in [-0.2, 0) is 10.0 Å². The van der Waals surface area contributed by atoms with Gasteiger partial charge in [-0.2, -0.15) is 13.5 Å². The Kier molecular flexibility index (Phi) is 6.80. The van der Waals surface area contributed by atoms with Crippen molar-refractivity contribution in [3.63, 3.8) is 0 Å². The lowest BCUT2D eigenvalue weighted by atomic mass is 10.1. The molecule has 1 aromatic heterocycles. The van der Waals surface area contributed by atoms with Gasteiger partial charge in [-0.05, 0) is 24.3 Å². The van der Waals surface area contributed by atoms with Gasteiger partial charge in [0, 0.05) is 29.0 Å². The van der Waals surface area contributed by atoms with E-state index < -0.39 is 32.1 Å². The van der Waals surface area contributed by atoms with Crippen molar-refractivity contribution in [1.82, 2.24) is 9.40 Å². The summed E-state index contributed by atoms with van der Waals surface area (Å²) in [6.07, 6.45) is 1.04. The van der Waals surface area contributed by atoms with E-state index in [1.165, 1.54) is 32.4 Å². The van der Waals surface area contributed by atoms with Crippen LogP contribution in [0.25, 0.3) is 16.5 Å². The Labute approximate surface area is 210 Å². The van der Waals surface area contributed by atoms with Crippen molar-refractivity contribution in [3.05, 3.63) is 92.8 Å². The number of aromatic hydroxyl groups is 1. The van der Waals surface area contributed by atoms with E-state index in [4.69, 9.17) is 9.47 Å². The number of hydrogen-bond acceptors (Lipinski definition) is 9. The molecule has 37 heavy (non-hydrogen) atoms. The molecule has 0 amide bonds. The second-order valence-corrected chi connectivity index (χ2v) is 9.23. The van der Waals surface area contributed by atoms with E-state index >= 15 is 0 Å². The molecule has 13 heteroatoms. The van der Waals surface area contributed by atoms with Crippen LogP contribution in [0.4, 0.5) is 5.69 Å². The number of nitro groups is 1. The lowest BCUT2D eigenvalue weighted by Crippen LogP contribution is -2.21. The molecule has 4 rings (SSSR count). The Morgan fingerprint density at radius 2 is 1.70 bits per heavy atom. The fourth-order valence-electron chi connectivity index (χ4n) is 3.67. The van der Waals surface area contributed by atoms with E-state index in [1.807, 2.05) is 4.83 Å². The summed E-state index contributed by atoms with van der Waals surface area (Å²) in [5.41, 5.74) is -0.628. The molecule has 0 bridgehead atoms. The van der Waals surface area contributed by atoms with E-state index in [2.05, 4.69) is 5.10 Å². The van der Waals surface area contributed by atoms with Gasteiger partial charge in [0.05, 0.1) is 41.5 Å². The number of nitro benzene ring substituents is 1. The highest BCUT2D eigenvalue weighted by molar-refractivity contribution is 7.89. The normalized spacial score (nSPS) is 11.5. The number of non-ortho nitro benzene ring substituents is 1. The van der Waals surface area contributed by atoms with Gasteiger partial charge >= 0.3 is 0 Å². The Morgan fingerprint density at radius 1 is 1.00 bits per heavy atom. The quantitative estimate of drug-likeness (QED) is 0.202. The monoisotopic (exact) mass is 524 g/mol. The van der Waals surface area contributed by atoms with Gasteiger partial charge in [0.2, 0.25) is 5.88 Å². The number of aromatic nitrogens is 1. The first-order valence-electron chi connectivity index (χ1n) is 10.6. The summed E-state index contributed by atoms with van der Waals surface area (Å²) in [6, 6.07) is 15.5. The average molecular weight is 525 g/mol. The third-order valence-corrected chi connectivity index (χ3v) is 6.65. The lowest BCUT2D eigenvalue weighted by Gasteiger charge is -2.15. The van der Waals surface area contributed by atoms with Crippen molar-refractivity contribution in [2.45, 2.75) is 4.90 Å². The molecule has 0 saturated carbocycles. The third kappa shape index (κ3) is 4.79. The second-order valence-electron chi connectivity index (χ2n) is 7.57. The standard InChI is InChI=1S/C24H20N4O8S/c1-35-21-11-10-15(13-22(21)36-2)27-23(29)19-9-4-3-8-18(19)20(24(27)30)14-25-26-37(33,34)17-7-5-6-16(12-17)28(31)32/h3-14,26,30H,1-2H3/b25-14-. The topological polar surface area (TPSA) is 162 Å². The van der Waals surface area contributed by atoms with E-state index in [-0.39, 0.29) is 21.5 Å². The first-order chi connectivity index (χ1) is 17.7. The summed E-state index contributed by atoms with van der Waals surface area (Å²) in [4.78, 5) is 25.1. The minimum absolute atomic E-state index is 0.0479. The first-order valence-corrected chi connectivity index (χ1v) is 12.0. The number of nitrogens with one attached hydrogen (secondary N) is 1. The number of nitrogens with zero attached hydrogens (tertiary/aromatic N) is 3. The summed E-state index contributed by atoms with van der Waals surface area (Å²) in [7, 11) is -1.39. The van der Waals surface area contributed by atoms with E-state index in [0.29, 0.717) is 16.9 Å². The fourth-order valence-corrected chi connectivity index (χ4v) is 4.50. The van der Waals surface area contributed by atoms with Gasteiger partial charge in [-0.1, -0.05) is 24.3 Å². The van der Waals surface area contributed by atoms with Crippen LogP contribution < -0.4 is 19.9 Å². The predicted octanol–water partition coefficient (Wildman–Crippen LogP) is 2.93. The molecule has 0 saturated heterocycles. The van der Waals surface area contributed by atoms with Crippen LogP contribution in [0.3, 0.4) is 0 Å². The fraction of sp³-hybridized carbons (Fsp3) is 0.0833. The zero-order chi connectivity index (χ0) is 26.7. The number of rotatable bonds is 8. The molecule has 0 aliphatic carbocycles. The van der Waals surface area contributed by atoms with Gasteiger partial charge in [-0.25, -0.2) is 9.40 Å². The molecule has 0 spiro atoms. The molecule has 12 nitrogen and oxygen atoms in total. The number of fused-ring (bicyclic) bond motifs is 1. The molecule has 2 N–H and O–H groups in total. The minimum Gasteiger partial charge on any atom is -0.494 e. The summed E-state index contributed by atoms with van der Waals surface area (Å²) >= 11 is 0. The number of pyridine rings is 1. The van der Waals surface area contributed by atoms with Crippen molar-refractivity contribution >= 4 is 32.7 Å². The van der Waals surface area contributed by atoms with Crippen LogP contribution >= 0.6 is 0 Å². The van der Waals surface area contributed by atoms with Gasteiger partial charge in [-0.15, -0.1) is 0 Å². The van der Waals surface area contributed by atoms with Crippen LogP contribution in [0.2, 0.25) is 0 Å². The van der Waals surface area contributed by atoms with Crippen molar-refractivity contribution in [1.29, 1.82) is 0 Å². The molecule has 4 aromatic rings. The average Bonchev–Trinajstić information content (AvgIpc) is 2.90. The Hall–Kier alpha value is -4.91. The maximum Gasteiger partial charge on any atom is 0.276 e. The molecular weight excluding hydrogens is 504 g/mol. The molecule has 3 aromatic carbocycles. The highest BCUT2D eigenvalue weighted by atomic mass is 32.2. The van der Waals surface area contributed by atoms with Gasteiger partial charge in [0.1, 0.15) is 0 Å². The maximum atomic E-state index is 13.3. The Morgan fingerprint density at radius 3 is 2.38 bits per heavy atom. The second kappa shape index (κ2) is 9.99. The lowest BCUT2D eigenvalue weighted by molar-refractivity contribution is -0.385. The third-order valence-electron chi connectivity index (χ3n) is 5.43. The van der Waals surface area contributed by atoms with Crippen molar-refractivity contribution in [3.8, 4) is 23.1 Å². The molecule has 190 valence electrons. The van der Waals surface area contributed by atoms with Crippen LogP contribution in [0, 0.1) is 10.1 Å². The van der Waals surface area contributed by atoms with Crippen molar-refractivity contribution < 1.29 is 27.9 Å². The largest absolute Gasteiger partial charge is 0.494 e. The van der Waals surface area contributed by atoms with Crippen molar-refractivity contribution in [2.75, 3.05) is 14.2 Å². The molecule has 0 fully saturated rings. The van der Waals surface area contributed by atoms with Gasteiger partial charge in [0.15, 0.2) is 11.5 Å². The Balaban J connectivity index is 1.81.